The first-order chi connectivity index (χ1) is 5.93. The summed E-state index contributed by atoms with van der Waals surface area (Å²) in [6, 6.07) is 0. The minimum atomic E-state index is 0. The summed E-state index contributed by atoms with van der Waals surface area (Å²) in [5.74, 6) is 0. The molecule has 2 heteroatoms. The van der Waals surface area contributed by atoms with Crippen molar-refractivity contribution in [3.8, 4) is 0 Å². The highest BCUT2D eigenvalue weighted by molar-refractivity contribution is 5.00. The van der Waals surface area contributed by atoms with E-state index < -0.39 is 0 Å². The van der Waals surface area contributed by atoms with E-state index in [2.05, 4.69) is 31.5 Å². The molecule has 0 aromatic heterocycles. The van der Waals surface area contributed by atoms with E-state index in [9.17, 15) is 0 Å². The van der Waals surface area contributed by atoms with Gasteiger partial charge >= 0.3 is 0 Å². The number of quaternary nitrogens is 1. The molecule has 1 heterocycles. The van der Waals surface area contributed by atoms with Crippen molar-refractivity contribution < 1.29 is 9.60 Å². The van der Waals surface area contributed by atoms with Crippen molar-refractivity contribution in [2.75, 3.05) is 6.54 Å². The number of rotatable bonds is 6. The summed E-state index contributed by atoms with van der Waals surface area (Å²) in [7, 11) is 0. The molecule has 0 aromatic rings. The summed E-state index contributed by atoms with van der Waals surface area (Å²) in [6.45, 7) is 3.54. The van der Waals surface area contributed by atoms with Gasteiger partial charge in [0.2, 0.25) is 0 Å². The van der Waals surface area contributed by atoms with Gasteiger partial charge in [0.15, 0.2) is 0 Å². The van der Waals surface area contributed by atoms with E-state index in [4.69, 9.17) is 0 Å². The Morgan fingerprint density at radius 2 is 1.54 bits per heavy atom. The average Bonchev–Trinajstić information content (AvgIpc) is 2.57. The fourth-order valence-electron chi connectivity index (χ4n) is 1.51. The zero-order chi connectivity index (χ0) is 8.65. The standard InChI is InChI=1S/C11H19N.FH/c1-2-3-4-5-6-9-12-10-7-8-11-12;/h7-8,10-11H,2-6,9H2,1H3;1H. The Labute approximate surface area is 80.5 Å². The molecule has 0 spiro atoms. The van der Waals surface area contributed by atoms with Gasteiger partial charge in [0.05, 0.1) is 18.9 Å². The summed E-state index contributed by atoms with van der Waals surface area (Å²) >= 11 is 0. The number of allylic oxidation sites excluding steroid dienone is 2. The molecule has 1 nitrogen and oxygen atoms in total. The van der Waals surface area contributed by atoms with Crippen LogP contribution >= 0.6 is 0 Å². The predicted octanol–water partition coefficient (Wildman–Crippen LogP) is -1.11. The molecule has 1 aliphatic heterocycles. The van der Waals surface area contributed by atoms with Crippen LogP contribution in [0.4, 0.5) is 0 Å². The quantitative estimate of drug-likeness (QED) is 0.500. The van der Waals surface area contributed by atoms with Crippen molar-refractivity contribution in [1.82, 2.24) is 0 Å². The van der Waals surface area contributed by atoms with E-state index in [1.165, 1.54) is 43.5 Å². The Morgan fingerprint density at radius 1 is 0.923 bits per heavy atom. The third kappa shape index (κ3) is 5.58. The highest BCUT2D eigenvalue weighted by Gasteiger charge is 2.02. The molecule has 1 rings (SSSR count). The first-order valence-electron chi connectivity index (χ1n) is 5.14. The smallest absolute Gasteiger partial charge is 0.0990 e. The lowest BCUT2D eigenvalue weighted by Crippen LogP contribution is -3.01. The molecular weight excluding hydrogens is 165 g/mol. The van der Waals surface area contributed by atoms with E-state index in [-0.39, 0.29) is 4.70 Å². The van der Waals surface area contributed by atoms with Gasteiger partial charge in [0.1, 0.15) is 0 Å². The van der Waals surface area contributed by atoms with Crippen LogP contribution in [-0.2, 0) is 0 Å². The zero-order valence-corrected chi connectivity index (χ0v) is 8.43. The second-order valence-corrected chi connectivity index (χ2v) is 3.46. The van der Waals surface area contributed by atoms with Crippen molar-refractivity contribution in [3.05, 3.63) is 24.6 Å². The predicted molar refractivity (Wildman–Crippen MR) is 52.9 cm³/mol. The number of halogens is 1. The first kappa shape index (κ1) is 12.4. The number of hydrogen-bond donors (Lipinski definition) is 1. The molecule has 0 aliphatic carbocycles. The molecule has 0 unspecified atom stereocenters. The van der Waals surface area contributed by atoms with Crippen LogP contribution in [0.25, 0.3) is 0 Å². The molecule has 0 atom stereocenters. The summed E-state index contributed by atoms with van der Waals surface area (Å²) < 4.78 is 0. The van der Waals surface area contributed by atoms with Gasteiger partial charge in [0, 0.05) is 0 Å². The topological polar surface area (TPSA) is 4.44 Å². The largest absolute Gasteiger partial charge is 1.00 e. The lowest BCUT2D eigenvalue weighted by molar-refractivity contribution is -0.787. The number of unbranched alkanes of at least 4 members (excludes halogenated alkanes) is 4. The second kappa shape index (κ2) is 7.99. The van der Waals surface area contributed by atoms with Crippen LogP contribution in [-0.4, -0.2) is 6.54 Å². The molecule has 13 heavy (non-hydrogen) atoms. The molecule has 1 aliphatic rings. The van der Waals surface area contributed by atoms with Gasteiger partial charge < -0.3 is 4.70 Å². The Hall–Kier alpha value is -0.630. The molecule has 0 bridgehead atoms. The van der Waals surface area contributed by atoms with Crippen molar-refractivity contribution >= 4 is 0 Å². The van der Waals surface area contributed by atoms with Crippen LogP contribution in [0.15, 0.2) is 24.6 Å². The van der Waals surface area contributed by atoms with Crippen LogP contribution < -0.4 is 9.60 Å². The van der Waals surface area contributed by atoms with Gasteiger partial charge in [-0.15, -0.1) is 0 Å². The highest BCUT2D eigenvalue weighted by atomic mass is 19.0. The molecule has 0 saturated heterocycles. The monoisotopic (exact) mass is 185 g/mol. The van der Waals surface area contributed by atoms with Crippen LogP contribution in [0.2, 0.25) is 0 Å². The van der Waals surface area contributed by atoms with Gasteiger partial charge in [-0.25, -0.2) is 0 Å². The van der Waals surface area contributed by atoms with Gasteiger partial charge in [0.25, 0.3) is 0 Å². The third-order valence-corrected chi connectivity index (χ3v) is 2.30. The normalized spacial score (nSPS) is 14.8. The number of nitrogens with one attached hydrogen (secondary N) is 1. The summed E-state index contributed by atoms with van der Waals surface area (Å²) in [6.07, 6.45) is 15.6. The average molecular weight is 185 g/mol. The molecule has 0 fully saturated rings. The van der Waals surface area contributed by atoms with Crippen molar-refractivity contribution in [2.24, 2.45) is 0 Å². The first-order valence-corrected chi connectivity index (χ1v) is 5.14. The summed E-state index contributed by atoms with van der Waals surface area (Å²) in [5, 5.41) is 0. The Morgan fingerprint density at radius 3 is 2.15 bits per heavy atom. The Kier molecular flexibility index (Phi) is 7.60. The maximum atomic E-state index is 2.26. The molecule has 1 N–H and O–H groups in total. The number of hydrogen-bond acceptors (Lipinski definition) is 0. The van der Waals surface area contributed by atoms with E-state index in [1.807, 2.05) is 0 Å². The highest BCUT2D eigenvalue weighted by Crippen LogP contribution is 2.00. The van der Waals surface area contributed by atoms with E-state index in [1.54, 1.807) is 0 Å². The minimum absolute atomic E-state index is 0. The molecular formula is C11H20FN. The lowest BCUT2D eigenvalue weighted by Gasteiger charge is -2.05. The van der Waals surface area contributed by atoms with Crippen molar-refractivity contribution in [3.63, 3.8) is 0 Å². The van der Waals surface area contributed by atoms with Crippen molar-refractivity contribution in [2.45, 2.75) is 39.0 Å². The summed E-state index contributed by atoms with van der Waals surface area (Å²) in [4.78, 5) is 1.51. The SMILES string of the molecule is CCCCCCC[NH+]1C=CC=C1.[F-]. The molecule has 0 amide bonds. The lowest BCUT2D eigenvalue weighted by atomic mass is 10.1. The van der Waals surface area contributed by atoms with Crippen LogP contribution in [0, 0.1) is 0 Å². The fraction of sp³-hybridized carbons (Fsp3) is 0.636. The van der Waals surface area contributed by atoms with Crippen LogP contribution in [0.3, 0.4) is 0 Å². The second-order valence-electron chi connectivity index (χ2n) is 3.46. The fourth-order valence-corrected chi connectivity index (χ4v) is 1.51. The van der Waals surface area contributed by atoms with E-state index >= 15 is 0 Å². The molecule has 0 aromatic carbocycles. The Balaban J connectivity index is 0.00000144. The van der Waals surface area contributed by atoms with E-state index in [0.29, 0.717) is 0 Å². The molecule has 76 valence electrons. The van der Waals surface area contributed by atoms with Crippen molar-refractivity contribution in [1.29, 1.82) is 0 Å². The molecule has 0 radical (unpaired) electrons. The summed E-state index contributed by atoms with van der Waals surface area (Å²) in [5.41, 5.74) is 0. The third-order valence-electron chi connectivity index (χ3n) is 2.30. The van der Waals surface area contributed by atoms with Crippen LogP contribution in [0.1, 0.15) is 39.0 Å². The maximum absolute atomic E-state index is 2.26. The Bertz CT molecular complexity index is 151. The van der Waals surface area contributed by atoms with Gasteiger partial charge in [-0.2, -0.15) is 0 Å². The zero-order valence-electron chi connectivity index (χ0n) is 8.43. The van der Waals surface area contributed by atoms with Crippen LogP contribution in [0.5, 0.6) is 0 Å². The van der Waals surface area contributed by atoms with Gasteiger partial charge in [-0.05, 0) is 25.0 Å². The van der Waals surface area contributed by atoms with Gasteiger partial charge in [-0.1, -0.05) is 26.2 Å². The van der Waals surface area contributed by atoms with E-state index in [0.717, 1.165) is 0 Å². The van der Waals surface area contributed by atoms with Gasteiger partial charge in [-0.3, -0.25) is 4.90 Å². The minimum Gasteiger partial charge on any atom is -1.00 e. The maximum Gasteiger partial charge on any atom is 0.0990 e. The molecule has 0 saturated carbocycles.